The second-order valence-corrected chi connectivity index (χ2v) is 9.61. The van der Waals surface area contributed by atoms with E-state index in [0.717, 1.165) is 0 Å². The normalized spacial score (nSPS) is 24.6. The van der Waals surface area contributed by atoms with Crippen LogP contribution < -0.4 is 0 Å². The number of likely N-dealkylation sites (N-methyl/N-ethyl adjacent to an activating group) is 1. The summed E-state index contributed by atoms with van der Waals surface area (Å²) in [5.41, 5.74) is 0. The van der Waals surface area contributed by atoms with Gasteiger partial charge in [0.2, 0.25) is 5.91 Å². The Balaban J connectivity index is 2.99. The first kappa shape index (κ1) is 18.6. The van der Waals surface area contributed by atoms with Crippen LogP contribution in [0.1, 0.15) is 41.5 Å². The topological polar surface area (TPSA) is 45.0 Å². The van der Waals surface area contributed by atoms with Crippen molar-refractivity contribution in [2.24, 2.45) is 9.98 Å². The summed E-state index contributed by atoms with van der Waals surface area (Å²) < 4.78 is -0.148. The minimum Gasteiger partial charge on any atom is -0.341 e. The summed E-state index contributed by atoms with van der Waals surface area (Å²) in [5.74, 6) is 0.0697. The number of carbonyl (C=O) groups excluding carboxylic acids is 1. The van der Waals surface area contributed by atoms with Crippen LogP contribution in [0, 0.1) is 0 Å². The lowest BCUT2D eigenvalue weighted by Gasteiger charge is -2.27. The molecule has 0 N–H and O–H groups in total. The molecule has 1 unspecified atom stereocenters. The van der Waals surface area contributed by atoms with Gasteiger partial charge in [0.15, 0.2) is 0 Å². The first-order valence-corrected chi connectivity index (χ1v) is 9.56. The second-order valence-electron chi connectivity index (χ2n) is 6.17. The highest BCUT2D eigenvalue weighted by atomic mass is 33.1. The predicted molar refractivity (Wildman–Crippen MR) is 96.9 cm³/mol. The number of rotatable bonds is 3. The summed E-state index contributed by atoms with van der Waals surface area (Å²) in [6.07, 6.45) is 3.86. The van der Waals surface area contributed by atoms with E-state index in [9.17, 15) is 4.79 Å². The molecular formula is C15H27N3OS2. The smallest absolute Gasteiger partial charge is 0.249 e. The zero-order valence-electron chi connectivity index (χ0n) is 13.9. The molecule has 0 radical (unpaired) electrons. The maximum Gasteiger partial charge on any atom is 0.249 e. The third-order valence-electron chi connectivity index (χ3n) is 3.08. The predicted octanol–water partition coefficient (Wildman–Crippen LogP) is 3.32. The molecule has 120 valence electrons. The molecule has 0 aromatic heterocycles. The van der Waals surface area contributed by atoms with Gasteiger partial charge in [0.1, 0.15) is 6.04 Å². The Morgan fingerprint density at radius 2 is 1.67 bits per heavy atom. The van der Waals surface area contributed by atoms with Crippen LogP contribution in [-0.4, -0.2) is 58.4 Å². The molecule has 0 spiro atoms. The molecule has 21 heavy (non-hydrogen) atoms. The second kappa shape index (κ2) is 7.68. The number of nitrogens with zero attached hydrogens (tertiary/aromatic N) is 3. The van der Waals surface area contributed by atoms with Gasteiger partial charge in [-0.3, -0.25) is 14.8 Å². The molecule has 1 aliphatic heterocycles. The molecular weight excluding hydrogens is 302 g/mol. The molecule has 0 saturated carbocycles. The van der Waals surface area contributed by atoms with Crippen molar-refractivity contribution in [3.8, 4) is 0 Å². The van der Waals surface area contributed by atoms with E-state index in [1.807, 2.05) is 31.2 Å². The summed E-state index contributed by atoms with van der Waals surface area (Å²) >= 11 is 0. The molecule has 1 atom stereocenters. The zero-order valence-corrected chi connectivity index (χ0v) is 15.6. The first-order chi connectivity index (χ1) is 9.71. The van der Waals surface area contributed by atoms with Crippen LogP contribution in [0.4, 0.5) is 0 Å². The number of carbonyl (C=O) groups is 1. The highest BCUT2D eigenvalue weighted by Crippen LogP contribution is 2.42. The highest BCUT2D eigenvalue weighted by Gasteiger charge is 2.27. The van der Waals surface area contributed by atoms with Gasteiger partial charge in [-0.1, -0.05) is 21.6 Å². The summed E-state index contributed by atoms with van der Waals surface area (Å²) in [6, 6.07) is -0.403. The van der Waals surface area contributed by atoms with Crippen molar-refractivity contribution in [2.45, 2.75) is 57.1 Å². The van der Waals surface area contributed by atoms with Gasteiger partial charge in [0.25, 0.3) is 0 Å². The fourth-order valence-electron chi connectivity index (χ4n) is 1.83. The Morgan fingerprint density at radius 3 is 2.19 bits per heavy atom. The average Bonchev–Trinajstić information content (AvgIpc) is 2.41. The lowest BCUT2D eigenvalue weighted by Crippen LogP contribution is -2.40. The monoisotopic (exact) mass is 329 g/mol. The molecule has 4 nitrogen and oxygen atoms in total. The molecule has 0 bridgehead atoms. The fraction of sp³-hybridized carbons (Fsp3) is 0.800. The fourth-order valence-corrected chi connectivity index (χ4v) is 4.03. The van der Waals surface area contributed by atoms with Gasteiger partial charge < -0.3 is 4.90 Å². The molecule has 6 heteroatoms. The Kier molecular flexibility index (Phi) is 6.78. The number of aliphatic imine (C=N–C) groups is 2. The van der Waals surface area contributed by atoms with Crippen LogP contribution in [0.2, 0.25) is 0 Å². The van der Waals surface area contributed by atoms with Gasteiger partial charge in [-0.25, -0.2) is 0 Å². The average molecular weight is 330 g/mol. The van der Waals surface area contributed by atoms with Crippen LogP contribution in [-0.2, 0) is 4.79 Å². The molecule has 0 aromatic rings. The van der Waals surface area contributed by atoms with Crippen molar-refractivity contribution >= 4 is 39.9 Å². The standard InChI is InChI=1S/C15H27N3OS2/c1-7-18(8-2)13(19)12-9-16-10-14(3,4)20-21-15(5,6)11-17-12/h10-12H,7-9H2,1-6H3. The Bertz CT molecular complexity index is 415. The van der Waals surface area contributed by atoms with Crippen LogP contribution in [0.25, 0.3) is 0 Å². The number of amides is 1. The van der Waals surface area contributed by atoms with E-state index in [1.165, 1.54) is 0 Å². The molecule has 0 fully saturated rings. The molecule has 1 aliphatic rings. The van der Waals surface area contributed by atoms with Gasteiger partial charge in [-0.2, -0.15) is 0 Å². The van der Waals surface area contributed by atoms with Crippen molar-refractivity contribution in [3.05, 3.63) is 0 Å². The van der Waals surface area contributed by atoms with E-state index in [1.54, 1.807) is 21.6 Å². The summed E-state index contributed by atoms with van der Waals surface area (Å²) in [6.45, 7) is 14.4. The first-order valence-electron chi connectivity index (χ1n) is 7.41. The van der Waals surface area contributed by atoms with Crippen molar-refractivity contribution in [3.63, 3.8) is 0 Å². The third kappa shape index (κ3) is 6.02. The summed E-state index contributed by atoms with van der Waals surface area (Å²) in [7, 11) is 3.56. The van der Waals surface area contributed by atoms with Crippen molar-refractivity contribution < 1.29 is 4.79 Å². The van der Waals surface area contributed by atoms with E-state index < -0.39 is 6.04 Å². The third-order valence-corrected chi connectivity index (χ3v) is 7.06. The van der Waals surface area contributed by atoms with E-state index >= 15 is 0 Å². The number of hydrogen-bond donors (Lipinski definition) is 0. The van der Waals surface area contributed by atoms with Gasteiger partial charge in [0, 0.05) is 25.5 Å². The Morgan fingerprint density at radius 1 is 1.14 bits per heavy atom. The van der Waals surface area contributed by atoms with Gasteiger partial charge in [-0.05, 0) is 41.5 Å². The molecule has 1 rings (SSSR count). The Hall–Kier alpha value is -0.490. The van der Waals surface area contributed by atoms with Gasteiger partial charge in [0.05, 0.1) is 16.0 Å². The lowest BCUT2D eigenvalue weighted by atomic mass is 10.2. The highest BCUT2D eigenvalue weighted by molar-refractivity contribution is 8.78. The van der Waals surface area contributed by atoms with Crippen LogP contribution >= 0.6 is 21.6 Å². The SMILES string of the molecule is CCN(CC)C(=O)C1CN=CC(C)(C)SSC(C)(C)C=N1. The lowest BCUT2D eigenvalue weighted by molar-refractivity contribution is -0.131. The molecule has 0 saturated heterocycles. The van der Waals surface area contributed by atoms with E-state index in [-0.39, 0.29) is 15.4 Å². The minimum absolute atomic E-state index is 0.0457. The van der Waals surface area contributed by atoms with E-state index in [4.69, 9.17) is 0 Å². The summed E-state index contributed by atoms with van der Waals surface area (Å²) in [5, 5.41) is 0. The molecule has 0 aromatic carbocycles. The van der Waals surface area contributed by atoms with Crippen molar-refractivity contribution in [1.29, 1.82) is 0 Å². The van der Waals surface area contributed by atoms with E-state index in [2.05, 4.69) is 37.7 Å². The van der Waals surface area contributed by atoms with Gasteiger partial charge in [-0.15, -0.1) is 0 Å². The van der Waals surface area contributed by atoms with Crippen molar-refractivity contribution in [1.82, 2.24) is 4.90 Å². The van der Waals surface area contributed by atoms with Crippen molar-refractivity contribution in [2.75, 3.05) is 19.6 Å². The molecule has 0 aliphatic carbocycles. The largest absolute Gasteiger partial charge is 0.341 e. The zero-order chi connectivity index (χ0) is 16.1. The number of hydrogen-bond acceptors (Lipinski definition) is 5. The van der Waals surface area contributed by atoms with Gasteiger partial charge >= 0.3 is 0 Å². The maximum atomic E-state index is 12.5. The molecule has 1 amide bonds. The van der Waals surface area contributed by atoms with Crippen LogP contribution in [0.5, 0.6) is 0 Å². The maximum absolute atomic E-state index is 12.5. The Labute approximate surface area is 136 Å². The van der Waals surface area contributed by atoms with E-state index in [0.29, 0.717) is 19.6 Å². The molecule has 1 heterocycles. The quantitative estimate of drug-likeness (QED) is 0.746. The minimum atomic E-state index is -0.403. The van der Waals surface area contributed by atoms with Crippen LogP contribution in [0.3, 0.4) is 0 Å². The summed E-state index contributed by atoms with van der Waals surface area (Å²) in [4.78, 5) is 23.3. The van der Waals surface area contributed by atoms with Crippen LogP contribution in [0.15, 0.2) is 9.98 Å².